The Bertz CT molecular complexity index is 1200. The molecule has 0 aromatic rings. The summed E-state index contributed by atoms with van der Waals surface area (Å²) in [7, 11) is -5.12. The summed E-state index contributed by atoms with van der Waals surface area (Å²) in [4.78, 5) is 35.9. The van der Waals surface area contributed by atoms with Crippen LogP contribution in [0.1, 0.15) is 251 Å². The van der Waals surface area contributed by atoms with Crippen LogP contribution in [0.2, 0.25) is 0 Å². The molecule has 390 valence electrons. The number of unbranched alkanes of at least 4 members (excludes halogenated alkanes) is 32. The van der Waals surface area contributed by atoms with Crippen molar-refractivity contribution in [3.63, 3.8) is 0 Å². The van der Waals surface area contributed by atoms with Crippen LogP contribution in [0.15, 0.2) is 12.2 Å². The number of carbonyl (C=O) groups is 2. The summed E-state index contributed by atoms with van der Waals surface area (Å²) in [6, 6.07) is 0. The highest BCUT2D eigenvalue weighted by atomic mass is 31.2. The van der Waals surface area contributed by atoms with Crippen LogP contribution in [-0.2, 0) is 32.7 Å². The number of hydrogen-bond acceptors (Lipinski definition) is 12. The van der Waals surface area contributed by atoms with Crippen LogP contribution in [0.3, 0.4) is 0 Å². The molecule has 0 radical (unpaired) electrons. The molecule has 0 heterocycles. The Labute approximate surface area is 401 Å². The van der Waals surface area contributed by atoms with Gasteiger partial charge in [0.15, 0.2) is 6.10 Å². The molecule has 0 aromatic carbocycles. The van der Waals surface area contributed by atoms with Gasteiger partial charge in [0.1, 0.15) is 43.2 Å². The fourth-order valence-electron chi connectivity index (χ4n) is 8.52. The highest BCUT2D eigenvalue weighted by molar-refractivity contribution is 7.47. The van der Waals surface area contributed by atoms with E-state index in [0.29, 0.717) is 12.8 Å². The number of carbonyl (C=O) groups excluding carboxylic acids is 2. The summed E-state index contributed by atoms with van der Waals surface area (Å²) in [6.07, 6.45) is 34.0. The Morgan fingerprint density at radius 3 is 1.15 bits per heavy atom. The molecule has 1 rings (SSSR count). The van der Waals surface area contributed by atoms with Gasteiger partial charge in [0.2, 0.25) is 0 Å². The van der Waals surface area contributed by atoms with Crippen LogP contribution in [0.25, 0.3) is 0 Å². The Morgan fingerprint density at radius 1 is 0.455 bits per heavy atom. The average Bonchev–Trinajstić information content (AvgIpc) is 3.30. The van der Waals surface area contributed by atoms with Crippen molar-refractivity contribution in [2.75, 3.05) is 13.2 Å². The smallest absolute Gasteiger partial charge is 0.462 e. The highest BCUT2D eigenvalue weighted by Crippen LogP contribution is 2.47. The zero-order chi connectivity index (χ0) is 48.5. The number of allylic oxidation sites excluding steroid dienone is 2. The number of ether oxygens (including phenoxy) is 2. The first kappa shape index (κ1) is 62.6. The second-order valence-corrected chi connectivity index (χ2v) is 20.5. The molecular formula is C52H99O13P. The predicted octanol–water partition coefficient (Wildman–Crippen LogP) is 11.8. The first-order valence-corrected chi connectivity index (χ1v) is 28.5. The van der Waals surface area contributed by atoms with E-state index in [1.54, 1.807) is 0 Å². The average molecular weight is 963 g/mol. The minimum atomic E-state index is -5.12. The Kier molecular flexibility index (Phi) is 40.3. The van der Waals surface area contributed by atoms with E-state index >= 15 is 0 Å². The summed E-state index contributed by atoms with van der Waals surface area (Å²) in [5, 5.41) is 50.3. The van der Waals surface area contributed by atoms with Gasteiger partial charge >= 0.3 is 19.8 Å². The lowest BCUT2D eigenvalue weighted by Crippen LogP contribution is -2.64. The molecule has 1 aliphatic carbocycles. The minimum Gasteiger partial charge on any atom is -0.462 e. The molecule has 1 aliphatic rings. The third kappa shape index (κ3) is 34.0. The van der Waals surface area contributed by atoms with Crippen LogP contribution >= 0.6 is 7.82 Å². The number of rotatable bonds is 46. The zero-order valence-corrected chi connectivity index (χ0v) is 42.7. The summed E-state index contributed by atoms with van der Waals surface area (Å²) < 4.78 is 33.7. The van der Waals surface area contributed by atoms with Gasteiger partial charge in [-0.15, -0.1) is 0 Å². The molecule has 0 aliphatic heterocycles. The summed E-state index contributed by atoms with van der Waals surface area (Å²) in [5.41, 5.74) is 0. The van der Waals surface area contributed by atoms with Gasteiger partial charge in [-0.25, -0.2) is 4.57 Å². The zero-order valence-electron chi connectivity index (χ0n) is 41.8. The minimum absolute atomic E-state index is 0.0914. The number of aliphatic hydroxyl groups is 5. The van der Waals surface area contributed by atoms with Crippen molar-refractivity contribution in [3.8, 4) is 0 Å². The molecule has 1 saturated carbocycles. The van der Waals surface area contributed by atoms with Gasteiger partial charge < -0.3 is 39.9 Å². The van der Waals surface area contributed by atoms with E-state index < -0.39 is 75.7 Å². The lowest BCUT2D eigenvalue weighted by Gasteiger charge is -2.41. The normalized spacial score (nSPS) is 21.3. The van der Waals surface area contributed by atoms with Gasteiger partial charge in [-0.3, -0.25) is 18.6 Å². The highest BCUT2D eigenvalue weighted by Gasteiger charge is 2.51. The Morgan fingerprint density at radius 2 is 0.773 bits per heavy atom. The van der Waals surface area contributed by atoms with E-state index in [9.17, 15) is 44.6 Å². The molecule has 0 spiro atoms. The van der Waals surface area contributed by atoms with Gasteiger partial charge in [-0.1, -0.05) is 212 Å². The molecule has 0 aromatic heterocycles. The van der Waals surface area contributed by atoms with E-state index in [-0.39, 0.29) is 12.8 Å². The molecule has 0 bridgehead atoms. The van der Waals surface area contributed by atoms with Crippen LogP contribution in [0, 0.1) is 0 Å². The van der Waals surface area contributed by atoms with E-state index in [4.69, 9.17) is 18.5 Å². The molecule has 1 fully saturated rings. The van der Waals surface area contributed by atoms with Gasteiger partial charge in [-0.2, -0.15) is 0 Å². The van der Waals surface area contributed by atoms with E-state index in [1.807, 2.05) is 0 Å². The third-order valence-corrected chi connectivity index (χ3v) is 13.8. The van der Waals surface area contributed by atoms with Crippen LogP contribution in [0.4, 0.5) is 0 Å². The second-order valence-electron chi connectivity index (χ2n) is 19.1. The number of esters is 2. The largest absolute Gasteiger partial charge is 0.472 e. The van der Waals surface area contributed by atoms with E-state index in [1.165, 1.54) is 154 Å². The molecule has 6 atom stereocenters. The molecule has 0 amide bonds. The van der Waals surface area contributed by atoms with Crippen LogP contribution in [-0.4, -0.2) is 98.3 Å². The maximum Gasteiger partial charge on any atom is 0.472 e. The van der Waals surface area contributed by atoms with Crippen molar-refractivity contribution in [1.82, 2.24) is 0 Å². The van der Waals surface area contributed by atoms with E-state index in [0.717, 1.165) is 57.8 Å². The van der Waals surface area contributed by atoms with Crippen molar-refractivity contribution >= 4 is 19.8 Å². The second kappa shape index (κ2) is 42.5. The molecule has 66 heavy (non-hydrogen) atoms. The monoisotopic (exact) mass is 963 g/mol. The van der Waals surface area contributed by atoms with Crippen molar-refractivity contribution in [2.24, 2.45) is 0 Å². The number of hydrogen-bond donors (Lipinski definition) is 6. The van der Waals surface area contributed by atoms with Gasteiger partial charge in [0.05, 0.1) is 6.61 Å². The third-order valence-electron chi connectivity index (χ3n) is 12.9. The lowest BCUT2D eigenvalue weighted by atomic mass is 9.85. The van der Waals surface area contributed by atoms with Crippen LogP contribution < -0.4 is 0 Å². The fourth-order valence-corrected chi connectivity index (χ4v) is 9.49. The molecule has 14 heteroatoms. The predicted molar refractivity (Wildman–Crippen MR) is 263 cm³/mol. The van der Waals surface area contributed by atoms with Crippen molar-refractivity contribution in [1.29, 1.82) is 0 Å². The van der Waals surface area contributed by atoms with Crippen molar-refractivity contribution in [3.05, 3.63) is 12.2 Å². The molecule has 6 N–H and O–H groups in total. The maximum atomic E-state index is 12.9. The van der Waals surface area contributed by atoms with Crippen molar-refractivity contribution < 1.29 is 63.1 Å². The topological polar surface area (TPSA) is 210 Å². The van der Waals surface area contributed by atoms with Crippen molar-refractivity contribution in [2.45, 2.75) is 294 Å². The quantitative estimate of drug-likeness (QED) is 0.0145. The fraction of sp³-hybridized carbons (Fsp3) is 0.923. The van der Waals surface area contributed by atoms with E-state index in [2.05, 4.69) is 26.0 Å². The Hall–Kier alpha value is -1.41. The summed E-state index contributed by atoms with van der Waals surface area (Å²) >= 11 is 0. The SMILES string of the molecule is CCCCCCCCC/C=C\CCCCCCCC(=O)OC(COC(=O)CCCCCCCCCCCCCCCCCCCCCCC)COP(=O)(O)OC1C(O)C(O)C(O)C(O)C1O. The molecular weight excluding hydrogens is 864 g/mol. The maximum absolute atomic E-state index is 12.9. The van der Waals surface area contributed by atoms with Gasteiger partial charge in [0.25, 0.3) is 0 Å². The first-order valence-electron chi connectivity index (χ1n) is 27.0. The number of phosphoric acid groups is 1. The molecule has 0 saturated heterocycles. The number of aliphatic hydroxyl groups excluding tert-OH is 5. The lowest BCUT2D eigenvalue weighted by molar-refractivity contribution is -0.220. The Balaban J connectivity index is 2.35. The molecule has 6 unspecified atom stereocenters. The van der Waals surface area contributed by atoms with Gasteiger partial charge in [0, 0.05) is 12.8 Å². The van der Waals surface area contributed by atoms with Gasteiger partial charge in [-0.05, 0) is 38.5 Å². The van der Waals surface area contributed by atoms with Crippen LogP contribution in [0.5, 0.6) is 0 Å². The molecule has 13 nitrogen and oxygen atoms in total. The summed E-state index contributed by atoms with van der Waals surface area (Å²) in [5.74, 6) is -1.09. The standard InChI is InChI=1S/C52H99O13P/c1-3-5-7-9-11-13-15-17-19-21-22-23-24-25-27-28-30-32-34-36-38-40-45(53)62-42-44(43-63-66(60,61)65-52-50(58)48(56)47(55)49(57)51(52)59)64-46(54)41-39-37-35-33-31-29-26-20-18-16-14-12-10-8-6-4-2/h20,26,44,47-52,55-59H,3-19,21-25,27-43H2,1-2H3,(H,60,61)/b26-20-. The first-order chi connectivity index (χ1) is 31.9. The number of phosphoric ester groups is 1. The summed E-state index contributed by atoms with van der Waals surface area (Å²) in [6.45, 7) is 3.34.